The molecule has 0 aliphatic carbocycles. The molecule has 1 aromatic rings. The molecule has 7 heteroatoms. The number of thioether (sulfide) groups is 1. The lowest BCUT2D eigenvalue weighted by Gasteiger charge is -2.07. The minimum absolute atomic E-state index is 0.427. The van der Waals surface area contributed by atoms with E-state index in [9.17, 15) is 9.47 Å². The zero-order valence-corrected chi connectivity index (χ0v) is 13.1. The first-order valence-corrected chi connectivity index (χ1v) is 8.74. The van der Waals surface area contributed by atoms with Crippen LogP contribution in [-0.2, 0) is 14.3 Å². The standard InChI is InChI=1S/C14H13N3O2S2/c1-10-5-3-4-6-11(10)13(9-15)12-7-8-20-14(12)17-19-21(2,16)18/h3-8,16H,1-2H3/b13-12-,17-14-. The summed E-state index contributed by atoms with van der Waals surface area (Å²) in [5.41, 5.74) is 2.88. The normalized spacial score (nSPS) is 20.9. The van der Waals surface area contributed by atoms with Gasteiger partial charge in [0.25, 0.3) is 0 Å². The Morgan fingerprint density at radius 2 is 2.19 bits per heavy atom. The van der Waals surface area contributed by atoms with Gasteiger partial charge in [-0.1, -0.05) is 41.2 Å². The Bertz CT molecular complexity index is 800. The Balaban J connectivity index is 2.51. The Labute approximate surface area is 128 Å². The van der Waals surface area contributed by atoms with E-state index in [1.807, 2.05) is 31.2 Å². The summed E-state index contributed by atoms with van der Waals surface area (Å²) in [6.45, 7) is 1.93. The first kappa shape index (κ1) is 15.4. The molecule has 1 unspecified atom stereocenters. The summed E-state index contributed by atoms with van der Waals surface area (Å²) in [4.78, 5) is 0. The van der Waals surface area contributed by atoms with Gasteiger partial charge in [0.2, 0.25) is 10.0 Å². The number of hydrogen-bond donors (Lipinski definition) is 1. The van der Waals surface area contributed by atoms with Gasteiger partial charge in [-0.3, -0.25) is 4.28 Å². The lowest BCUT2D eigenvalue weighted by molar-refractivity contribution is 0.369. The van der Waals surface area contributed by atoms with Gasteiger partial charge in [-0.15, -0.1) is 0 Å². The van der Waals surface area contributed by atoms with Crippen LogP contribution in [-0.4, -0.2) is 15.5 Å². The van der Waals surface area contributed by atoms with Gasteiger partial charge in [0.1, 0.15) is 11.1 Å². The number of allylic oxidation sites excluding steroid dienone is 2. The third kappa shape index (κ3) is 3.74. The highest BCUT2D eigenvalue weighted by atomic mass is 32.2. The molecule has 0 amide bonds. The number of benzene rings is 1. The molecule has 0 fully saturated rings. The highest BCUT2D eigenvalue weighted by Crippen LogP contribution is 2.31. The topological polar surface area (TPSA) is 86.3 Å². The van der Waals surface area contributed by atoms with E-state index in [-0.39, 0.29) is 0 Å². The smallest absolute Gasteiger partial charge is 0.223 e. The van der Waals surface area contributed by atoms with E-state index in [4.69, 9.17) is 4.78 Å². The van der Waals surface area contributed by atoms with Crippen LogP contribution in [0.25, 0.3) is 5.57 Å². The summed E-state index contributed by atoms with van der Waals surface area (Å²) < 4.78 is 23.1. The summed E-state index contributed by atoms with van der Waals surface area (Å²) in [6.07, 6.45) is 2.90. The van der Waals surface area contributed by atoms with Crippen LogP contribution in [0.15, 0.2) is 46.5 Å². The number of hydrogen-bond acceptors (Lipinski definition) is 6. The van der Waals surface area contributed by atoms with E-state index in [1.54, 1.807) is 11.5 Å². The van der Waals surface area contributed by atoms with Crippen molar-refractivity contribution in [1.82, 2.24) is 0 Å². The molecular formula is C14H13N3O2S2. The molecule has 1 atom stereocenters. The summed E-state index contributed by atoms with van der Waals surface area (Å²) in [6, 6.07) is 9.75. The number of rotatable bonds is 3. The maximum Gasteiger partial charge on any atom is 0.223 e. The average Bonchev–Trinajstić information content (AvgIpc) is 2.87. The SMILES string of the molecule is Cc1ccccc1/C(C#N)=C1/C=CS/C1=N\OS(C)(=N)=O. The molecule has 108 valence electrons. The van der Waals surface area contributed by atoms with Crippen molar-refractivity contribution in [2.75, 3.05) is 6.26 Å². The Hall–Kier alpha value is -2.04. The molecule has 1 aromatic carbocycles. The maximum absolute atomic E-state index is 11.2. The van der Waals surface area contributed by atoms with Crippen LogP contribution < -0.4 is 0 Å². The van der Waals surface area contributed by atoms with Crippen molar-refractivity contribution in [2.45, 2.75) is 6.92 Å². The van der Waals surface area contributed by atoms with Gasteiger partial charge in [-0.2, -0.15) is 5.26 Å². The molecule has 0 saturated carbocycles. The molecule has 21 heavy (non-hydrogen) atoms. The minimum Gasteiger partial charge on any atom is -0.285 e. The number of oxime groups is 1. The lowest BCUT2D eigenvalue weighted by atomic mass is 9.97. The van der Waals surface area contributed by atoms with Gasteiger partial charge in [0.15, 0.2) is 0 Å². The third-order valence-electron chi connectivity index (χ3n) is 2.70. The third-order valence-corrected chi connectivity index (χ3v) is 3.85. The number of nitrogens with one attached hydrogen (secondary N) is 1. The summed E-state index contributed by atoms with van der Waals surface area (Å²) >= 11 is 1.26. The highest BCUT2D eigenvalue weighted by molar-refractivity contribution is 8.17. The van der Waals surface area contributed by atoms with Crippen molar-refractivity contribution < 1.29 is 8.49 Å². The largest absolute Gasteiger partial charge is 0.285 e. The molecule has 0 saturated heterocycles. The second-order valence-corrected chi connectivity index (χ2v) is 6.97. The van der Waals surface area contributed by atoms with Gasteiger partial charge in [-0.25, -0.2) is 8.99 Å². The van der Waals surface area contributed by atoms with Crippen molar-refractivity contribution in [2.24, 2.45) is 5.16 Å². The second kappa shape index (κ2) is 6.16. The quantitative estimate of drug-likeness (QED) is 0.683. The monoisotopic (exact) mass is 319 g/mol. The first-order chi connectivity index (χ1) is 9.92. The van der Waals surface area contributed by atoms with Gasteiger partial charge in [0, 0.05) is 5.57 Å². The highest BCUT2D eigenvalue weighted by Gasteiger charge is 2.19. The van der Waals surface area contributed by atoms with Crippen LogP contribution in [0.3, 0.4) is 0 Å². The molecule has 5 nitrogen and oxygen atoms in total. The molecule has 1 heterocycles. The lowest BCUT2D eigenvalue weighted by Crippen LogP contribution is -2.01. The van der Waals surface area contributed by atoms with E-state index < -0.39 is 10.0 Å². The van der Waals surface area contributed by atoms with E-state index >= 15 is 0 Å². The minimum atomic E-state index is -3.17. The van der Waals surface area contributed by atoms with Crippen molar-refractivity contribution >= 4 is 32.4 Å². The fourth-order valence-electron chi connectivity index (χ4n) is 1.79. The van der Waals surface area contributed by atoms with Gasteiger partial charge < -0.3 is 0 Å². The van der Waals surface area contributed by atoms with Crippen molar-refractivity contribution in [3.8, 4) is 6.07 Å². The average molecular weight is 319 g/mol. The summed E-state index contributed by atoms with van der Waals surface area (Å²) in [7, 11) is -3.17. The number of nitriles is 1. The molecular weight excluding hydrogens is 306 g/mol. The predicted molar refractivity (Wildman–Crippen MR) is 85.7 cm³/mol. The zero-order chi connectivity index (χ0) is 15.5. The first-order valence-electron chi connectivity index (χ1n) is 5.96. The molecule has 1 N–H and O–H groups in total. The molecule has 1 aliphatic heterocycles. The van der Waals surface area contributed by atoms with E-state index in [2.05, 4.69) is 15.5 Å². The van der Waals surface area contributed by atoms with Crippen molar-refractivity contribution in [1.29, 1.82) is 10.0 Å². The fraction of sp³-hybridized carbons (Fsp3) is 0.143. The Morgan fingerprint density at radius 1 is 1.48 bits per heavy atom. The van der Waals surface area contributed by atoms with Gasteiger partial charge in [0.05, 0.1) is 11.8 Å². The van der Waals surface area contributed by atoms with E-state index in [1.165, 1.54) is 11.8 Å². The molecule has 0 bridgehead atoms. The molecule has 0 spiro atoms. The molecule has 2 rings (SSSR count). The van der Waals surface area contributed by atoms with E-state index in [0.717, 1.165) is 17.4 Å². The fourth-order valence-corrected chi connectivity index (χ4v) is 2.76. The number of aryl methyl sites for hydroxylation is 1. The van der Waals surface area contributed by atoms with Gasteiger partial charge in [-0.05, 0) is 29.5 Å². The predicted octanol–water partition coefficient (Wildman–Crippen LogP) is 3.45. The van der Waals surface area contributed by atoms with Crippen LogP contribution in [0.4, 0.5) is 0 Å². The van der Waals surface area contributed by atoms with Crippen LogP contribution in [0.2, 0.25) is 0 Å². The summed E-state index contributed by atoms with van der Waals surface area (Å²) in [5, 5.41) is 15.4. The Morgan fingerprint density at radius 3 is 2.81 bits per heavy atom. The second-order valence-electron chi connectivity index (χ2n) is 4.38. The zero-order valence-electron chi connectivity index (χ0n) is 11.5. The molecule has 0 aromatic heterocycles. The van der Waals surface area contributed by atoms with Crippen LogP contribution in [0, 0.1) is 23.0 Å². The molecule has 0 radical (unpaired) electrons. The van der Waals surface area contributed by atoms with Crippen LogP contribution >= 0.6 is 11.8 Å². The van der Waals surface area contributed by atoms with Crippen molar-refractivity contribution in [3.05, 3.63) is 52.4 Å². The van der Waals surface area contributed by atoms with Crippen LogP contribution in [0.5, 0.6) is 0 Å². The Kier molecular flexibility index (Phi) is 4.50. The number of nitrogens with zero attached hydrogens (tertiary/aromatic N) is 2. The van der Waals surface area contributed by atoms with Gasteiger partial charge >= 0.3 is 0 Å². The summed E-state index contributed by atoms with van der Waals surface area (Å²) in [5.74, 6) is 0. The maximum atomic E-state index is 11.2. The molecule has 1 aliphatic rings. The van der Waals surface area contributed by atoms with E-state index in [0.29, 0.717) is 16.2 Å². The van der Waals surface area contributed by atoms with Crippen LogP contribution in [0.1, 0.15) is 11.1 Å². The van der Waals surface area contributed by atoms with Crippen molar-refractivity contribution in [3.63, 3.8) is 0 Å².